The van der Waals surface area contributed by atoms with E-state index >= 15 is 0 Å². The van der Waals surface area contributed by atoms with E-state index < -0.39 is 29.8 Å². The molecule has 2 amide bonds. The van der Waals surface area contributed by atoms with Crippen LogP contribution in [0.3, 0.4) is 0 Å². The van der Waals surface area contributed by atoms with Crippen molar-refractivity contribution in [1.29, 1.82) is 0 Å². The van der Waals surface area contributed by atoms with Crippen LogP contribution in [0.5, 0.6) is 0 Å². The van der Waals surface area contributed by atoms with Crippen molar-refractivity contribution in [3.63, 3.8) is 0 Å². The number of carboxylic acid groups (broad SMARTS) is 2. The van der Waals surface area contributed by atoms with Gasteiger partial charge in [0.2, 0.25) is 5.91 Å². The van der Waals surface area contributed by atoms with Gasteiger partial charge in [0, 0.05) is 6.42 Å². The fraction of sp³-hybridized carbons (Fsp3) is 0.429. The zero-order chi connectivity index (χ0) is 12.0. The number of carbonyl (C=O) groups is 4. The number of carbonyl (C=O) groups excluding carboxylic acids is 2. The summed E-state index contributed by atoms with van der Waals surface area (Å²) in [5.74, 6) is -5.39. The third-order valence-corrected chi connectivity index (χ3v) is 1.45. The van der Waals surface area contributed by atoms with Crippen LogP contribution in [0.1, 0.15) is 12.8 Å². The van der Waals surface area contributed by atoms with Gasteiger partial charge >= 0.3 is 17.8 Å². The van der Waals surface area contributed by atoms with Crippen molar-refractivity contribution >= 4 is 23.8 Å². The van der Waals surface area contributed by atoms with Crippen molar-refractivity contribution in [2.24, 2.45) is 5.73 Å². The largest absolute Gasteiger partial charge is 0.480 e. The molecule has 84 valence electrons. The van der Waals surface area contributed by atoms with Crippen molar-refractivity contribution in [1.82, 2.24) is 5.32 Å². The van der Waals surface area contributed by atoms with Crippen LogP contribution in [0.25, 0.3) is 0 Å². The number of hydrogen-bond donors (Lipinski definition) is 4. The molecule has 0 unspecified atom stereocenters. The Labute approximate surface area is 84.1 Å². The van der Waals surface area contributed by atoms with Crippen LogP contribution in [0.15, 0.2) is 0 Å². The molecule has 0 aromatic carbocycles. The van der Waals surface area contributed by atoms with Gasteiger partial charge in [-0.15, -0.1) is 0 Å². The van der Waals surface area contributed by atoms with Crippen LogP contribution in [-0.2, 0) is 19.2 Å². The summed E-state index contributed by atoms with van der Waals surface area (Å²) in [6.07, 6.45) is -0.499. The van der Waals surface area contributed by atoms with E-state index in [2.05, 4.69) is 0 Å². The molecule has 0 spiro atoms. The minimum Gasteiger partial charge on any atom is -0.480 e. The second-order valence-corrected chi connectivity index (χ2v) is 2.67. The van der Waals surface area contributed by atoms with Gasteiger partial charge in [0.1, 0.15) is 6.04 Å². The number of nitrogens with one attached hydrogen (secondary N) is 1. The highest BCUT2D eigenvalue weighted by Crippen LogP contribution is 1.94. The molecule has 0 saturated heterocycles. The molecule has 5 N–H and O–H groups in total. The van der Waals surface area contributed by atoms with Gasteiger partial charge in [-0.05, 0) is 6.42 Å². The second kappa shape index (κ2) is 5.70. The lowest BCUT2D eigenvalue weighted by atomic mass is 10.1. The molecule has 0 saturated carbocycles. The molecular formula is C7H10N2O6. The Morgan fingerprint density at radius 2 is 1.73 bits per heavy atom. The predicted octanol–water partition coefficient (Wildman–Crippen LogP) is -2.09. The summed E-state index contributed by atoms with van der Waals surface area (Å²) in [5.41, 5.74) is 5.07. The lowest BCUT2D eigenvalue weighted by molar-refractivity contribution is -0.151. The minimum absolute atomic E-state index is 0.173. The molecule has 0 aromatic rings. The summed E-state index contributed by atoms with van der Waals surface area (Å²) in [7, 11) is 0. The average Bonchev–Trinajstić information content (AvgIpc) is 2.13. The molecule has 0 bridgehead atoms. The zero-order valence-corrected chi connectivity index (χ0v) is 7.60. The Kier molecular flexibility index (Phi) is 4.96. The van der Waals surface area contributed by atoms with E-state index in [-0.39, 0.29) is 12.8 Å². The third-order valence-electron chi connectivity index (χ3n) is 1.45. The molecule has 8 heteroatoms. The lowest BCUT2D eigenvalue weighted by Crippen LogP contribution is -2.37. The Hall–Kier alpha value is -1.96. The highest BCUT2D eigenvalue weighted by atomic mass is 16.4. The fourth-order valence-corrected chi connectivity index (χ4v) is 0.653. The minimum atomic E-state index is -1.79. The second-order valence-electron chi connectivity index (χ2n) is 2.67. The van der Waals surface area contributed by atoms with Crippen LogP contribution in [0.2, 0.25) is 0 Å². The molecule has 0 radical (unpaired) electrons. The Balaban J connectivity index is 3.91. The monoisotopic (exact) mass is 218 g/mol. The van der Waals surface area contributed by atoms with E-state index in [1.165, 1.54) is 0 Å². The maximum absolute atomic E-state index is 10.8. The highest BCUT2D eigenvalue weighted by Gasteiger charge is 2.17. The Bertz CT molecular complexity index is 300. The first kappa shape index (κ1) is 13.0. The molecule has 1 atom stereocenters. The Morgan fingerprint density at radius 3 is 2.13 bits per heavy atom. The van der Waals surface area contributed by atoms with Crippen molar-refractivity contribution in [3.05, 3.63) is 0 Å². The number of hydrogen-bond acceptors (Lipinski definition) is 5. The zero-order valence-electron chi connectivity index (χ0n) is 7.60. The predicted molar refractivity (Wildman–Crippen MR) is 45.6 cm³/mol. The smallest absolute Gasteiger partial charge is 0.394 e. The van der Waals surface area contributed by atoms with E-state index in [0.717, 1.165) is 0 Å². The van der Waals surface area contributed by atoms with Crippen LogP contribution >= 0.6 is 0 Å². The van der Waals surface area contributed by atoms with Gasteiger partial charge in [-0.2, -0.15) is 0 Å². The van der Waals surface area contributed by atoms with Gasteiger partial charge in [0.15, 0.2) is 0 Å². The standard InChI is InChI=1S/C7H10N2O6/c8-3(6(12)13)1-2-4(10)9-5(11)7(14)15/h3H,1-2,8H2,(H,12,13)(H,14,15)(H,9,10,11)/t3-/m0/s1. The molecule has 15 heavy (non-hydrogen) atoms. The molecular weight excluding hydrogens is 208 g/mol. The molecule has 0 aromatic heterocycles. The topological polar surface area (TPSA) is 147 Å². The van der Waals surface area contributed by atoms with Crippen molar-refractivity contribution in [2.45, 2.75) is 18.9 Å². The summed E-state index contributed by atoms with van der Waals surface area (Å²) in [5, 5.41) is 18.0. The first-order valence-corrected chi connectivity index (χ1v) is 3.90. The van der Waals surface area contributed by atoms with E-state index in [4.69, 9.17) is 15.9 Å². The quantitative estimate of drug-likeness (QED) is 0.395. The maximum Gasteiger partial charge on any atom is 0.394 e. The number of aliphatic carboxylic acids is 2. The van der Waals surface area contributed by atoms with Gasteiger partial charge in [0.25, 0.3) is 0 Å². The molecule has 0 aliphatic rings. The lowest BCUT2D eigenvalue weighted by Gasteiger charge is -2.04. The highest BCUT2D eigenvalue weighted by molar-refractivity contribution is 6.34. The number of rotatable bonds is 4. The summed E-state index contributed by atoms with van der Waals surface area (Å²) in [6.45, 7) is 0. The van der Waals surface area contributed by atoms with Gasteiger partial charge in [-0.3, -0.25) is 19.7 Å². The summed E-state index contributed by atoms with van der Waals surface area (Å²) >= 11 is 0. The normalized spacial score (nSPS) is 11.5. The number of imide groups is 1. The van der Waals surface area contributed by atoms with Crippen molar-refractivity contribution in [3.8, 4) is 0 Å². The van der Waals surface area contributed by atoms with Gasteiger partial charge in [-0.1, -0.05) is 0 Å². The molecule has 0 fully saturated rings. The number of nitrogens with two attached hydrogens (primary N) is 1. The van der Waals surface area contributed by atoms with Crippen molar-refractivity contribution in [2.75, 3.05) is 0 Å². The van der Waals surface area contributed by atoms with Crippen LogP contribution in [0.4, 0.5) is 0 Å². The first-order valence-electron chi connectivity index (χ1n) is 3.90. The SMILES string of the molecule is N[C@@H](CCC(=O)NC(=O)C(=O)O)C(=O)O. The van der Waals surface area contributed by atoms with E-state index in [1.807, 2.05) is 0 Å². The first-order chi connectivity index (χ1) is 6.84. The number of carboxylic acids is 2. The van der Waals surface area contributed by atoms with Crippen LogP contribution in [-0.4, -0.2) is 40.0 Å². The van der Waals surface area contributed by atoms with E-state index in [0.29, 0.717) is 0 Å². The van der Waals surface area contributed by atoms with Crippen molar-refractivity contribution < 1.29 is 29.4 Å². The molecule has 0 aliphatic carbocycles. The molecule has 0 aliphatic heterocycles. The summed E-state index contributed by atoms with van der Waals surface area (Å²) in [4.78, 5) is 41.5. The van der Waals surface area contributed by atoms with E-state index in [1.54, 1.807) is 5.32 Å². The van der Waals surface area contributed by atoms with Gasteiger partial charge < -0.3 is 15.9 Å². The molecule has 8 nitrogen and oxygen atoms in total. The number of amides is 2. The molecule has 0 heterocycles. The van der Waals surface area contributed by atoms with Crippen LogP contribution < -0.4 is 11.1 Å². The van der Waals surface area contributed by atoms with Gasteiger partial charge in [0.05, 0.1) is 0 Å². The van der Waals surface area contributed by atoms with Gasteiger partial charge in [-0.25, -0.2) is 4.79 Å². The average molecular weight is 218 g/mol. The van der Waals surface area contributed by atoms with E-state index in [9.17, 15) is 19.2 Å². The Morgan fingerprint density at radius 1 is 1.20 bits per heavy atom. The summed E-state index contributed by atoms with van der Waals surface area (Å²) < 4.78 is 0. The maximum atomic E-state index is 10.8. The fourth-order valence-electron chi connectivity index (χ4n) is 0.653. The molecule has 0 rings (SSSR count). The van der Waals surface area contributed by atoms with Crippen LogP contribution in [0, 0.1) is 0 Å². The third kappa shape index (κ3) is 5.37. The summed E-state index contributed by atoms with van der Waals surface area (Å²) in [6, 6.07) is -1.21.